The van der Waals surface area contributed by atoms with Crippen LogP contribution in [0.5, 0.6) is 0 Å². The molecule has 4 aromatic rings. The van der Waals surface area contributed by atoms with Gasteiger partial charge in [0.15, 0.2) is 0 Å². The Labute approximate surface area is 200 Å². The zero-order valence-electron chi connectivity index (χ0n) is 19.0. The number of carbonyl (C=O) groups is 1. The van der Waals surface area contributed by atoms with Gasteiger partial charge in [-0.25, -0.2) is 8.42 Å². The summed E-state index contributed by atoms with van der Waals surface area (Å²) in [4.78, 5) is 13.3. The Kier molecular flexibility index (Phi) is 6.80. The number of aryl methyl sites for hydroxylation is 2. The Morgan fingerprint density at radius 1 is 0.676 bits per heavy atom. The highest BCUT2D eigenvalue weighted by Gasteiger charge is 2.18. The first-order valence-electron chi connectivity index (χ1n) is 10.9. The number of carbonyl (C=O) groups excluding carboxylic acids is 1. The van der Waals surface area contributed by atoms with Gasteiger partial charge in [-0.1, -0.05) is 77.9 Å². The summed E-state index contributed by atoms with van der Waals surface area (Å²) in [6.07, 6.45) is 0. The van der Waals surface area contributed by atoms with Crippen molar-refractivity contribution < 1.29 is 13.2 Å². The molecule has 0 bridgehead atoms. The lowest BCUT2D eigenvalue weighted by Gasteiger charge is -2.20. The summed E-state index contributed by atoms with van der Waals surface area (Å²) in [5.41, 5.74) is 4.90. The molecule has 0 saturated carbocycles. The number of hydrogen-bond acceptors (Lipinski definition) is 3. The molecule has 0 radical (unpaired) electrons. The molecule has 6 heteroatoms. The summed E-state index contributed by atoms with van der Waals surface area (Å²) in [5, 5.41) is 3.11. The number of hydrogen-bond donors (Lipinski definition) is 2. The molecule has 1 atom stereocenters. The van der Waals surface area contributed by atoms with Crippen molar-refractivity contribution in [3.05, 3.63) is 131 Å². The zero-order chi connectivity index (χ0) is 24.1. The van der Waals surface area contributed by atoms with Crippen LogP contribution in [0.4, 0.5) is 5.69 Å². The highest BCUT2D eigenvalue weighted by Crippen LogP contribution is 2.24. The summed E-state index contributed by atoms with van der Waals surface area (Å²) >= 11 is 0. The highest BCUT2D eigenvalue weighted by molar-refractivity contribution is 7.92. The fraction of sp³-hybridized carbons (Fsp3) is 0.107. The number of rotatable bonds is 7. The van der Waals surface area contributed by atoms with Gasteiger partial charge in [-0.2, -0.15) is 0 Å². The summed E-state index contributed by atoms with van der Waals surface area (Å²) in [7, 11) is -3.71. The van der Waals surface area contributed by atoms with Crippen molar-refractivity contribution in [1.82, 2.24) is 5.32 Å². The Balaban J connectivity index is 1.52. The fourth-order valence-corrected chi connectivity index (χ4v) is 4.66. The number of benzene rings is 4. The molecule has 5 nitrogen and oxygen atoms in total. The average molecular weight is 471 g/mol. The van der Waals surface area contributed by atoms with Crippen molar-refractivity contribution in [3.8, 4) is 0 Å². The SMILES string of the molecule is Cc1ccc([C@H](NC(=O)c2ccc(NS(=O)(=O)c3ccc(C)cc3)cc2)c2ccccc2)cc1. The van der Waals surface area contributed by atoms with E-state index in [0.717, 1.165) is 22.3 Å². The Bertz CT molecular complexity index is 1360. The lowest BCUT2D eigenvalue weighted by atomic mass is 9.97. The predicted molar refractivity (Wildman–Crippen MR) is 135 cm³/mol. The van der Waals surface area contributed by atoms with E-state index in [1.807, 2.05) is 68.4 Å². The Hall–Kier alpha value is -3.90. The highest BCUT2D eigenvalue weighted by atomic mass is 32.2. The van der Waals surface area contributed by atoms with E-state index in [2.05, 4.69) is 10.0 Å². The zero-order valence-corrected chi connectivity index (χ0v) is 19.8. The van der Waals surface area contributed by atoms with E-state index in [9.17, 15) is 13.2 Å². The molecule has 2 N–H and O–H groups in total. The van der Waals surface area contributed by atoms with Crippen molar-refractivity contribution in [2.75, 3.05) is 4.72 Å². The smallest absolute Gasteiger partial charge is 0.261 e. The summed E-state index contributed by atoms with van der Waals surface area (Å²) in [5.74, 6) is -0.248. The van der Waals surface area contributed by atoms with Gasteiger partial charge in [0.2, 0.25) is 0 Å². The van der Waals surface area contributed by atoms with Crippen LogP contribution < -0.4 is 10.0 Å². The summed E-state index contributed by atoms with van der Waals surface area (Å²) in [6, 6.07) is 30.6. The molecule has 4 aromatic carbocycles. The van der Waals surface area contributed by atoms with Gasteiger partial charge in [-0.05, 0) is 61.4 Å². The Morgan fingerprint density at radius 3 is 1.79 bits per heavy atom. The maximum absolute atomic E-state index is 13.1. The second-order valence-electron chi connectivity index (χ2n) is 8.22. The van der Waals surface area contributed by atoms with E-state index in [0.29, 0.717) is 11.3 Å². The molecular formula is C28H26N2O3S. The fourth-order valence-electron chi connectivity index (χ4n) is 3.60. The van der Waals surface area contributed by atoms with Crippen molar-refractivity contribution in [3.63, 3.8) is 0 Å². The molecule has 4 rings (SSSR count). The summed E-state index contributed by atoms with van der Waals surface area (Å²) < 4.78 is 27.8. The molecule has 0 spiro atoms. The van der Waals surface area contributed by atoms with Gasteiger partial charge in [-0.15, -0.1) is 0 Å². The second kappa shape index (κ2) is 9.93. The van der Waals surface area contributed by atoms with Crippen molar-refractivity contribution >= 4 is 21.6 Å². The van der Waals surface area contributed by atoms with E-state index in [1.165, 1.54) is 0 Å². The molecule has 0 fully saturated rings. The first-order chi connectivity index (χ1) is 16.3. The second-order valence-corrected chi connectivity index (χ2v) is 9.91. The molecular weight excluding hydrogens is 444 g/mol. The average Bonchev–Trinajstić information content (AvgIpc) is 2.84. The topological polar surface area (TPSA) is 75.3 Å². The van der Waals surface area contributed by atoms with E-state index in [-0.39, 0.29) is 16.8 Å². The molecule has 0 aliphatic rings. The predicted octanol–water partition coefficient (Wildman–Crippen LogP) is 5.62. The number of nitrogens with one attached hydrogen (secondary N) is 2. The Morgan fingerprint density at radius 2 is 1.21 bits per heavy atom. The summed E-state index contributed by atoms with van der Waals surface area (Å²) in [6.45, 7) is 3.92. The van der Waals surface area contributed by atoms with Gasteiger partial charge in [-0.3, -0.25) is 9.52 Å². The van der Waals surface area contributed by atoms with Gasteiger partial charge in [0.05, 0.1) is 10.9 Å². The van der Waals surface area contributed by atoms with Crippen LogP contribution in [0.15, 0.2) is 108 Å². The van der Waals surface area contributed by atoms with Crippen LogP contribution in [0.2, 0.25) is 0 Å². The standard InChI is InChI=1S/C28H26N2O3S/c1-20-8-12-23(13-9-20)27(22-6-4-3-5-7-22)29-28(31)24-14-16-25(17-15-24)30-34(32,33)26-18-10-21(2)11-19-26/h3-19,27,30H,1-2H3,(H,29,31)/t27-/m1/s1. The maximum Gasteiger partial charge on any atom is 0.261 e. The minimum absolute atomic E-state index is 0.184. The van der Waals surface area contributed by atoms with E-state index < -0.39 is 10.0 Å². The maximum atomic E-state index is 13.1. The molecule has 0 aliphatic heterocycles. The van der Waals surface area contributed by atoms with Gasteiger partial charge < -0.3 is 5.32 Å². The lowest BCUT2D eigenvalue weighted by molar-refractivity contribution is 0.0943. The third-order valence-electron chi connectivity index (χ3n) is 5.55. The van der Waals surface area contributed by atoms with Crippen LogP contribution in [-0.2, 0) is 10.0 Å². The van der Waals surface area contributed by atoms with Crippen molar-refractivity contribution in [2.45, 2.75) is 24.8 Å². The third kappa shape index (κ3) is 5.53. The van der Waals surface area contributed by atoms with Gasteiger partial charge in [0, 0.05) is 11.3 Å². The van der Waals surface area contributed by atoms with Crippen LogP contribution in [0.1, 0.15) is 38.7 Å². The molecule has 172 valence electrons. The van der Waals surface area contributed by atoms with Gasteiger partial charge in [0.1, 0.15) is 0 Å². The number of amides is 1. The third-order valence-corrected chi connectivity index (χ3v) is 6.95. The van der Waals surface area contributed by atoms with Crippen molar-refractivity contribution in [1.29, 1.82) is 0 Å². The minimum Gasteiger partial charge on any atom is -0.341 e. The van der Waals surface area contributed by atoms with E-state index in [1.54, 1.807) is 48.5 Å². The van der Waals surface area contributed by atoms with Crippen LogP contribution in [0.25, 0.3) is 0 Å². The number of sulfonamides is 1. The molecule has 0 aromatic heterocycles. The monoisotopic (exact) mass is 470 g/mol. The molecule has 0 heterocycles. The lowest BCUT2D eigenvalue weighted by Crippen LogP contribution is -2.29. The minimum atomic E-state index is -3.71. The van der Waals surface area contributed by atoms with Gasteiger partial charge in [0.25, 0.3) is 15.9 Å². The van der Waals surface area contributed by atoms with E-state index in [4.69, 9.17) is 0 Å². The van der Waals surface area contributed by atoms with Crippen LogP contribution in [-0.4, -0.2) is 14.3 Å². The molecule has 0 aliphatic carbocycles. The molecule has 0 unspecified atom stereocenters. The molecule has 34 heavy (non-hydrogen) atoms. The van der Waals surface area contributed by atoms with Gasteiger partial charge >= 0.3 is 0 Å². The first-order valence-corrected chi connectivity index (χ1v) is 12.4. The quantitative estimate of drug-likeness (QED) is 0.368. The normalized spacial score (nSPS) is 12.1. The molecule has 0 saturated heterocycles. The van der Waals surface area contributed by atoms with Crippen LogP contribution in [0, 0.1) is 13.8 Å². The van der Waals surface area contributed by atoms with Crippen molar-refractivity contribution in [2.24, 2.45) is 0 Å². The first kappa shape index (κ1) is 23.3. The van der Waals surface area contributed by atoms with E-state index >= 15 is 0 Å². The van der Waals surface area contributed by atoms with Crippen LogP contribution >= 0.6 is 0 Å². The van der Waals surface area contributed by atoms with Crippen LogP contribution in [0.3, 0.4) is 0 Å². The molecule has 1 amide bonds. The largest absolute Gasteiger partial charge is 0.341 e. The number of anilines is 1.